The van der Waals surface area contributed by atoms with E-state index < -0.39 is 5.60 Å². The van der Waals surface area contributed by atoms with Crippen LogP contribution < -0.4 is 5.73 Å². The summed E-state index contributed by atoms with van der Waals surface area (Å²) in [6, 6.07) is 6.36. The molecule has 1 aliphatic carbocycles. The Labute approximate surface area is 195 Å². The minimum absolute atomic E-state index is 0.0404. The predicted octanol–water partition coefficient (Wildman–Crippen LogP) is 5.78. The number of anilines is 1. The van der Waals surface area contributed by atoms with Crippen LogP contribution in [0.2, 0.25) is 0 Å². The van der Waals surface area contributed by atoms with E-state index in [1.165, 1.54) is 29.4 Å². The van der Waals surface area contributed by atoms with Crippen LogP contribution in [0.25, 0.3) is 16.7 Å². The maximum Gasteiger partial charge on any atom is 0.411 e. The zero-order valence-electron chi connectivity index (χ0n) is 20.2. The molecular formula is C26H33N5O2. The molecule has 2 aromatic heterocycles. The molecule has 1 saturated carbocycles. The Kier molecular flexibility index (Phi) is 4.92. The Hall–Kier alpha value is -3.09. The fourth-order valence-corrected chi connectivity index (χ4v) is 5.96. The molecule has 2 N–H and O–H groups in total. The summed E-state index contributed by atoms with van der Waals surface area (Å²) in [4.78, 5) is 24.2. The van der Waals surface area contributed by atoms with Crippen molar-refractivity contribution in [3.8, 4) is 5.69 Å². The van der Waals surface area contributed by atoms with Crippen molar-refractivity contribution in [3.63, 3.8) is 0 Å². The number of aromatic nitrogens is 3. The average Bonchev–Trinajstić information content (AvgIpc) is 3.26. The normalized spacial score (nSPS) is 19.8. The summed E-state index contributed by atoms with van der Waals surface area (Å²) in [6.45, 7) is 10.1. The van der Waals surface area contributed by atoms with E-state index in [1.54, 1.807) is 0 Å². The molecule has 7 heteroatoms. The Morgan fingerprint density at radius 3 is 2.61 bits per heavy atom. The van der Waals surface area contributed by atoms with Crippen molar-refractivity contribution in [1.29, 1.82) is 0 Å². The van der Waals surface area contributed by atoms with E-state index in [-0.39, 0.29) is 17.7 Å². The maximum atomic E-state index is 13.5. The number of hydrogen-bond donors (Lipinski definition) is 1. The number of amides is 1. The number of nitrogens with two attached hydrogens (primary N) is 1. The highest BCUT2D eigenvalue weighted by Crippen LogP contribution is 2.55. The van der Waals surface area contributed by atoms with Crippen molar-refractivity contribution in [2.75, 3.05) is 5.73 Å². The third-order valence-electron chi connectivity index (χ3n) is 7.20. The van der Waals surface area contributed by atoms with Crippen molar-refractivity contribution >= 4 is 22.9 Å². The van der Waals surface area contributed by atoms with Gasteiger partial charge in [0.05, 0.1) is 17.0 Å². The molecule has 1 amide bonds. The van der Waals surface area contributed by atoms with Gasteiger partial charge < -0.3 is 15.0 Å². The molecule has 5 rings (SSSR count). The van der Waals surface area contributed by atoms with Crippen molar-refractivity contribution < 1.29 is 9.53 Å². The lowest BCUT2D eigenvalue weighted by Crippen LogP contribution is -2.49. The van der Waals surface area contributed by atoms with E-state index in [9.17, 15) is 4.79 Å². The van der Waals surface area contributed by atoms with Gasteiger partial charge >= 0.3 is 6.09 Å². The SMILES string of the molecule is Cc1cc(-n2ccc3c(N)ncnc32)cc2c1C(C)N(C(=O)OC(C)(C)C)C21CCCCC1. The Balaban J connectivity index is 1.68. The van der Waals surface area contributed by atoms with Crippen LogP contribution in [0.4, 0.5) is 10.6 Å². The summed E-state index contributed by atoms with van der Waals surface area (Å²) in [6.07, 6.45) is 8.58. The lowest BCUT2D eigenvalue weighted by atomic mass is 9.76. The van der Waals surface area contributed by atoms with Crippen molar-refractivity contribution in [1.82, 2.24) is 19.4 Å². The third kappa shape index (κ3) is 3.36. The monoisotopic (exact) mass is 447 g/mol. The highest BCUT2D eigenvalue weighted by molar-refractivity contribution is 5.87. The second-order valence-electron chi connectivity index (χ2n) is 10.5. The van der Waals surface area contributed by atoms with Crippen LogP contribution in [0.3, 0.4) is 0 Å². The summed E-state index contributed by atoms with van der Waals surface area (Å²) in [5.74, 6) is 0.477. The van der Waals surface area contributed by atoms with E-state index in [1.807, 2.05) is 37.9 Å². The first-order valence-corrected chi connectivity index (χ1v) is 11.9. The van der Waals surface area contributed by atoms with E-state index >= 15 is 0 Å². The molecule has 1 aliphatic heterocycles. The molecule has 1 unspecified atom stereocenters. The maximum absolute atomic E-state index is 13.5. The van der Waals surface area contributed by atoms with E-state index in [2.05, 4.69) is 40.5 Å². The first-order chi connectivity index (χ1) is 15.6. The van der Waals surface area contributed by atoms with Crippen LogP contribution in [-0.4, -0.2) is 31.1 Å². The number of rotatable bonds is 1. The fourth-order valence-electron chi connectivity index (χ4n) is 5.96. The molecule has 33 heavy (non-hydrogen) atoms. The van der Waals surface area contributed by atoms with Gasteiger partial charge in [-0.2, -0.15) is 0 Å². The highest BCUT2D eigenvalue weighted by Gasteiger charge is 2.53. The molecule has 1 aromatic carbocycles. The molecule has 3 heterocycles. The Morgan fingerprint density at radius 1 is 1.18 bits per heavy atom. The van der Waals surface area contributed by atoms with Crippen LogP contribution in [0.1, 0.15) is 82.5 Å². The van der Waals surface area contributed by atoms with Crippen LogP contribution in [0.5, 0.6) is 0 Å². The first-order valence-electron chi connectivity index (χ1n) is 11.9. The lowest BCUT2D eigenvalue weighted by molar-refractivity contribution is -0.0203. The minimum atomic E-state index is -0.536. The summed E-state index contributed by atoms with van der Waals surface area (Å²) < 4.78 is 7.98. The molecule has 174 valence electrons. The van der Waals surface area contributed by atoms with Crippen molar-refractivity contribution in [3.05, 3.63) is 47.4 Å². The van der Waals surface area contributed by atoms with Gasteiger partial charge in [-0.3, -0.25) is 4.90 Å². The molecule has 7 nitrogen and oxygen atoms in total. The van der Waals surface area contributed by atoms with Gasteiger partial charge in [0.15, 0.2) is 0 Å². The molecule has 1 fully saturated rings. The van der Waals surface area contributed by atoms with Gasteiger partial charge in [0.2, 0.25) is 0 Å². The summed E-state index contributed by atoms with van der Waals surface area (Å²) in [7, 11) is 0. The first kappa shape index (κ1) is 21.7. The second kappa shape index (κ2) is 7.47. The number of nitrogen functional groups attached to an aromatic ring is 1. The smallest absolute Gasteiger partial charge is 0.411 e. The average molecular weight is 448 g/mol. The number of nitrogens with zero attached hydrogens (tertiary/aromatic N) is 4. The third-order valence-corrected chi connectivity index (χ3v) is 7.20. The van der Waals surface area contributed by atoms with E-state index in [0.717, 1.165) is 42.4 Å². The molecule has 1 atom stereocenters. The fraction of sp³-hybridized carbons (Fsp3) is 0.500. The Morgan fingerprint density at radius 2 is 1.91 bits per heavy atom. The van der Waals surface area contributed by atoms with Crippen LogP contribution in [0.15, 0.2) is 30.7 Å². The van der Waals surface area contributed by atoms with Gasteiger partial charge in [0.25, 0.3) is 0 Å². The summed E-state index contributed by atoms with van der Waals surface area (Å²) >= 11 is 0. The quantitative estimate of drug-likeness (QED) is 0.511. The summed E-state index contributed by atoms with van der Waals surface area (Å²) in [5.41, 5.74) is 10.7. The predicted molar refractivity (Wildman–Crippen MR) is 129 cm³/mol. The number of hydrogen-bond acceptors (Lipinski definition) is 5. The molecular weight excluding hydrogens is 414 g/mol. The highest BCUT2D eigenvalue weighted by atomic mass is 16.6. The van der Waals surface area contributed by atoms with Gasteiger partial charge in [-0.25, -0.2) is 14.8 Å². The van der Waals surface area contributed by atoms with Crippen molar-refractivity contribution in [2.24, 2.45) is 0 Å². The van der Waals surface area contributed by atoms with Gasteiger partial charge in [0.1, 0.15) is 23.4 Å². The number of carbonyl (C=O) groups excluding carboxylic acids is 1. The molecule has 0 bridgehead atoms. The van der Waals surface area contributed by atoms with E-state index in [0.29, 0.717) is 5.82 Å². The topological polar surface area (TPSA) is 86.3 Å². The molecule has 0 saturated heterocycles. The number of benzene rings is 1. The van der Waals surface area contributed by atoms with E-state index in [4.69, 9.17) is 10.5 Å². The van der Waals surface area contributed by atoms with Gasteiger partial charge in [0, 0.05) is 11.9 Å². The zero-order valence-corrected chi connectivity index (χ0v) is 20.2. The number of carbonyl (C=O) groups is 1. The standard InChI is InChI=1S/C26H33N5O2/c1-16-13-18(30-12-9-19-22(27)28-15-29-23(19)30)14-20-21(16)17(2)31(24(32)33-25(3,4)5)26(20)10-7-6-8-11-26/h9,12-15,17H,6-8,10-11H2,1-5H3,(H2,27,28,29). The van der Waals surface area contributed by atoms with Crippen LogP contribution in [0, 0.1) is 6.92 Å². The second-order valence-corrected chi connectivity index (χ2v) is 10.5. The number of ether oxygens (including phenoxy) is 1. The van der Waals surface area contributed by atoms with Gasteiger partial charge in [-0.15, -0.1) is 0 Å². The zero-order chi connectivity index (χ0) is 23.5. The Bertz CT molecular complexity index is 1230. The largest absolute Gasteiger partial charge is 0.444 e. The van der Waals surface area contributed by atoms with Gasteiger partial charge in [-0.1, -0.05) is 19.3 Å². The number of fused-ring (bicyclic) bond motifs is 3. The van der Waals surface area contributed by atoms with Crippen LogP contribution >= 0.6 is 0 Å². The van der Waals surface area contributed by atoms with Crippen LogP contribution in [-0.2, 0) is 10.3 Å². The van der Waals surface area contributed by atoms with Gasteiger partial charge in [-0.05, 0) is 82.3 Å². The molecule has 1 spiro atoms. The molecule has 3 aromatic rings. The molecule has 2 aliphatic rings. The minimum Gasteiger partial charge on any atom is -0.444 e. The van der Waals surface area contributed by atoms with Crippen molar-refractivity contribution in [2.45, 2.75) is 83.9 Å². The lowest BCUT2D eigenvalue weighted by Gasteiger charge is -2.44. The summed E-state index contributed by atoms with van der Waals surface area (Å²) in [5, 5.41) is 0.840. The molecule has 0 radical (unpaired) electrons. The number of aryl methyl sites for hydroxylation is 1.